The molecule has 1 atom stereocenters. The van der Waals surface area contributed by atoms with Gasteiger partial charge in [-0.25, -0.2) is 4.98 Å². The Kier molecular flexibility index (Phi) is 4.78. The molecule has 4 heteroatoms. The molecule has 0 spiro atoms. The lowest BCUT2D eigenvalue weighted by Crippen LogP contribution is -2.28. The standard InChI is InChI=1S/C14H25N3O/c1-14(6-7-15-11-14)13-10-16-12-17(13)8-4-3-5-9-18-2/h10,12,15H,3-9,11H2,1-2H3. The molecule has 18 heavy (non-hydrogen) atoms. The molecule has 1 saturated heterocycles. The molecule has 1 aliphatic rings. The van der Waals surface area contributed by atoms with Gasteiger partial charge in [-0.1, -0.05) is 6.92 Å². The summed E-state index contributed by atoms with van der Waals surface area (Å²) >= 11 is 0. The van der Waals surface area contributed by atoms with Gasteiger partial charge in [0.05, 0.1) is 6.33 Å². The highest BCUT2D eigenvalue weighted by molar-refractivity contribution is 5.17. The molecule has 0 radical (unpaired) electrons. The van der Waals surface area contributed by atoms with Gasteiger partial charge in [-0.15, -0.1) is 0 Å². The predicted molar refractivity (Wildman–Crippen MR) is 72.8 cm³/mol. The SMILES string of the molecule is COCCCCCn1cncc1C1(C)CCNC1. The van der Waals surface area contributed by atoms with Crippen molar-refractivity contribution < 1.29 is 4.74 Å². The summed E-state index contributed by atoms with van der Waals surface area (Å²) in [6.45, 7) is 6.48. The zero-order valence-electron chi connectivity index (χ0n) is 11.6. The molecule has 102 valence electrons. The number of ether oxygens (including phenoxy) is 1. The smallest absolute Gasteiger partial charge is 0.0948 e. The van der Waals surface area contributed by atoms with Gasteiger partial charge >= 0.3 is 0 Å². The van der Waals surface area contributed by atoms with Gasteiger partial charge in [0.1, 0.15) is 0 Å². The molecule has 2 heterocycles. The van der Waals surface area contributed by atoms with E-state index in [1.54, 1.807) is 7.11 Å². The van der Waals surface area contributed by atoms with Crippen LogP contribution >= 0.6 is 0 Å². The van der Waals surface area contributed by atoms with Gasteiger partial charge in [0.25, 0.3) is 0 Å². The van der Waals surface area contributed by atoms with E-state index in [0.29, 0.717) is 0 Å². The van der Waals surface area contributed by atoms with Crippen molar-refractivity contribution in [3.63, 3.8) is 0 Å². The van der Waals surface area contributed by atoms with Crippen LogP contribution in [0.15, 0.2) is 12.5 Å². The van der Waals surface area contributed by atoms with Crippen molar-refractivity contribution >= 4 is 0 Å². The summed E-state index contributed by atoms with van der Waals surface area (Å²) in [6.07, 6.45) is 8.82. The molecule has 1 fully saturated rings. The molecule has 0 aromatic carbocycles. The highest BCUT2D eigenvalue weighted by Gasteiger charge is 2.33. The summed E-state index contributed by atoms with van der Waals surface area (Å²) in [5.41, 5.74) is 1.66. The minimum absolute atomic E-state index is 0.267. The number of imidazole rings is 1. The molecule has 1 aliphatic heterocycles. The van der Waals surface area contributed by atoms with Gasteiger partial charge in [-0.05, 0) is 32.2 Å². The molecule has 1 unspecified atom stereocenters. The number of methoxy groups -OCH3 is 1. The summed E-state index contributed by atoms with van der Waals surface area (Å²) < 4.78 is 7.41. The van der Waals surface area contributed by atoms with Crippen LogP contribution in [0.5, 0.6) is 0 Å². The van der Waals surface area contributed by atoms with Crippen molar-refractivity contribution in [1.29, 1.82) is 0 Å². The lowest BCUT2D eigenvalue weighted by molar-refractivity contribution is 0.191. The summed E-state index contributed by atoms with van der Waals surface area (Å²) in [6, 6.07) is 0. The van der Waals surface area contributed by atoms with Gasteiger partial charge in [0.15, 0.2) is 0 Å². The lowest BCUT2D eigenvalue weighted by Gasteiger charge is -2.24. The van der Waals surface area contributed by atoms with Crippen molar-refractivity contribution in [1.82, 2.24) is 14.9 Å². The third kappa shape index (κ3) is 3.12. The van der Waals surface area contributed by atoms with Gasteiger partial charge in [0.2, 0.25) is 0 Å². The molecule has 2 rings (SSSR count). The van der Waals surface area contributed by atoms with Crippen LogP contribution in [-0.2, 0) is 16.7 Å². The summed E-state index contributed by atoms with van der Waals surface area (Å²) in [5.74, 6) is 0. The van der Waals surface area contributed by atoms with Gasteiger partial charge in [0, 0.05) is 44.1 Å². The van der Waals surface area contributed by atoms with Gasteiger partial charge in [-0.3, -0.25) is 0 Å². The van der Waals surface area contributed by atoms with Crippen molar-refractivity contribution in [2.24, 2.45) is 0 Å². The number of rotatable bonds is 7. The number of hydrogen-bond acceptors (Lipinski definition) is 3. The number of unbranched alkanes of at least 4 members (excludes halogenated alkanes) is 2. The van der Waals surface area contributed by atoms with Crippen molar-refractivity contribution in [3.05, 3.63) is 18.2 Å². The van der Waals surface area contributed by atoms with E-state index in [1.807, 2.05) is 12.5 Å². The first kappa shape index (κ1) is 13.6. The molecular weight excluding hydrogens is 226 g/mol. The van der Waals surface area contributed by atoms with Crippen LogP contribution in [0, 0.1) is 0 Å². The van der Waals surface area contributed by atoms with E-state index in [9.17, 15) is 0 Å². The molecular formula is C14H25N3O. The van der Waals surface area contributed by atoms with E-state index in [4.69, 9.17) is 4.74 Å². The van der Waals surface area contributed by atoms with Gasteiger partial charge in [-0.2, -0.15) is 0 Å². The van der Waals surface area contributed by atoms with E-state index >= 15 is 0 Å². The first-order valence-corrected chi connectivity index (χ1v) is 6.96. The molecule has 0 amide bonds. The first-order valence-electron chi connectivity index (χ1n) is 6.96. The summed E-state index contributed by atoms with van der Waals surface area (Å²) in [4.78, 5) is 4.34. The topological polar surface area (TPSA) is 39.1 Å². The Labute approximate surface area is 110 Å². The highest BCUT2D eigenvalue weighted by Crippen LogP contribution is 2.29. The molecule has 1 aromatic heterocycles. The number of hydrogen-bond donors (Lipinski definition) is 1. The van der Waals surface area contributed by atoms with E-state index in [2.05, 4.69) is 21.8 Å². The Morgan fingerprint density at radius 1 is 1.44 bits per heavy atom. The van der Waals surface area contributed by atoms with Crippen LogP contribution in [0.1, 0.15) is 38.3 Å². The molecule has 0 saturated carbocycles. The average molecular weight is 251 g/mol. The fourth-order valence-corrected chi connectivity index (χ4v) is 2.74. The minimum atomic E-state index is 0.267. The maximum atomic E-state index is 5.07. The Morgan fingerprint density at radius 3 is 3.06 bits per heavy atom. The van der Waals surface area contributed by atoms with Crippen LogP contribution in [0.4, 0.5) is 0 Å². The number of aryl methyl sites for hydroxylation is 1. The van der Waals surface area contributed by atoms with Crippen molar-refractivity contribution in [2.75, 3.05) is 26.8 Å². The van der Waals surface area contributed by atoms with Crippen LogP contribution in [0.3, 0.4) is 0 Å². The Balaban J connectivity index is 1.87. The fourth-order valence-electron chi connectivity index (χ4n) is 2.74. The molecule has 1 aromatic rings. The maximum absolute atomic E-state index is 5.07. The third-order valence-electron chi connectivity index (χ3n) is 3.95. The van der Waals surface area contributed by atoms with E-state index in [1.165, 1.54) is 25.0 Å². The lowest BCUT2D eigenvalue weighted by atomic mass is 9.86. The average Bonchev–Trinajstić information content (AvgIpc) is 2.98. The second kappa shape index (κ2) is 6.34. The van der Waals surface area contributed by atoms with Gasteiger partial charge < -0.3 is 14.6 Å². The molecule has 1 N–H and O–H groups in total. The number of nitrogens with one attached hydrogen (secondary N) is 1. The first-order chi connectivity index (χ1) is 8.76. The second-order valence-corrected chi connectivity index (χ2v) is 5.51. The summed E-state index contributed by atoms with van der Waals surface area (Å²) in [7, 11) is 1.77. The van der Waals surface area contributed by atoms with E-state index in [0.717, 1.165) is 32.7 Å². The van der Waals surface area contributed by atoms with Crippen LogP contribution in [0.25, 0.3) is 0 Å². The zero-order chi connectivity index (χ0) is 12.8. The Morgan fingerprint density at radius 2 is 2.33 bits per heavy atom. The van der Waals surface area contributed by atoms with Crippen LogP contribution in [-0.4, -0.2) is 36.4 Å². The number of nitrogens with zero attached hydrogens (tertiary/aromatic N) is 2. The molecule has 0 bridgehead atoms. The van der Waals surface area contributed by atoms with Crippen molar-refractivity contribution in [2.45, 2.75) is 44.6 Å². The normalized spacial score (nSPS) is 23.7. The predicted octanol–water partition coefficient (Wildman–Crippen LogP) is 1.95. The van der Waals surface area contributed by atoms with Crippen LogP contribution in [0.2, 0.25) is 0 Å². The third-order valence-corrected chi connectivity index (χ3v) is 3.95. The summed E-state index contributed by atoms with van der Waals surface area (Å²) in [5, 5.41) is 3.45. The minimum Gasteiger partial charge on any atom is -0.385 e. The van der Waals surface area contributed by atoms with Crippen molar-refractivity contribution in [3.8, 4) is 0 Å². The van der Waals surface area contributed by atoms with E-state index < -0.39 is 0 Å². The highest BCUT2D eigenvalue weighted by atomic mass is 16.5. The Bertz CT molecular complexity index is 356. The van der Waals surface area contributed by atoms with E-state index in [-0.39, 0.29) is 5.41 Å². The zero-order valence-corrected chi connectivity index (χ0v) is 11.6. The maximum Gasteiger partial charge on any atom is 0.0948 e. The Hall–Kier alpha value is -0.870. The molecule has 0 aliphatic carbocycles. The largest absolute Gasteiger partial charge is 0.385 e. The quantitative estimate of drug-likeness (QED) is 0.753. The molecule has 4 nitrogen and oxygen atoms in total. The van der Waals surface area contributed by atoms with Crippen LogP contribution < -0.4 is 5.32 Å². The fraction of sp³-hybridized carbons (Fsp3) is 0.786. The second-order valence-electron chi connectivity index (χ2n) is 5.51. The monoisotopic (exact) mass is 251 g/mol. The number of aromatic nitrogens is 2.